The summed E-state index contributed by atoms with van der Waals surface area (Å²) in [5.74, 6) is 0. The van der Waals surface area contributed by atoms with E-state index in [4.69, 9.17) is 4.98 Å². The summed E-state index contributed by atoms with van der Waals surface area (Å²) < 4.78 is 0. The number of benzene rings is 1. The van der Waals surface area contributed by atoms with Crippen LogP contribution < -0.4 is 5.32 Å². The third kappa shape index (κ3) is 2.96. The Balaban J connectivity index is 1.90. The molecule has 0 aliphatic rings. The van der Waals surface area contributed by atoms with Crippen molar-refractivity contribution in [3.8, 4) is 0 Å². The monoisotopic (exact) mass is 297 g/mol. The van der Waals surface area contributed by atoms with Crippen molar-refractivity contribution >= 4 is 22.2 Å². The molecular weight excluding hydrogens is 278 g/mol. The van der Waals surface area contributed by atoms with Crippen molar-refractivity contribution in [2.45, 2.75) is 26.3 Å². The Morgan fingerprint density at radius 2 is 1.90 bits per heavy atom. The molecule has 0 radical (unpaired) electrons. The third-order valence-electron chi connectivity index (χ3n) is 3.67. The average molecular weight is 297 g/mol. The highest BCUT2D eigenvalue weighted by Gasteiger charge is 2.17. The fourth-order valence-electron chi connectivity index (χ4n) is 2.63. The molecule has 4 heteroatoms. The predicted octanol–water partition coefficient (Wildman–Crippen LogP) is 3.81. The van der Waals surface area contributed by atoms with Crippen molar-refractivity contribution in [2.24, 2.45) is 0 Å². The van der Waals surface area contributed by atoms with Crippen LogP contribution in [0.4, 0.5) is 0 Å². The summed E-state index contributed by atoms with van der Waals surface area (Å²) in [5, 5.41) is 5.71. The molecule has 3 rings (SSSR count). The highest BCUT2D eigenvalue weighted by atomic mass is 32.1. The van der Waals surface area contributed by atoms with E-state index in [1.165, 1.54) is 10.3 Å². The molecule has 1 aromatic carbocycles. The van der Waals surface area contributed by atoms with Crippen molar-refractivity contribution in [1.29, 1.82) is 0 Å². The van der Waals surface area contributed by atoms with E-state index >= 15 is 0 Å². The molecule has 0 saturated heterocycles. The maximum absolute atomic E-state index is 4.77. The molecule has 1 N–H and O–H groups in total. The zero-order valence-corrected chi connectivity index (χ0v) is 13.4. The zero-order chi connectivity index (χ0) is 14.8. The van der Waals surface area contributed by atoms with E-state index < -0.39 is 0 Å². The summed E-state index contributed by atoms with van der Waals surface area (Å²) >= 11 is 1.77. The van der Waals surface area contributed by atoms with Gasteiger partial charge in [0.2, 0.25) is 0 Å². The van der Waals surface area contributed by atoms with Gasteiger partial charge < -0.3 is 5.32 Å². The van der Waals surface area contributed by atoms with Crippen LogP contribution in [0, 0.1) is 13.8 Å². The second-order valence-corrected chi connectivity index (χ2v) is 6.46. The normalized spacial score (nSPS) is 12.7. The van der Waals surface area contributed by atoms with Gasteiger partial charge in [-0.3, -0.25) is 4.98 Å². The first kappa shape index (κ1) is 14.2. The van der Waals surface area contributed by atoms with Crippen molar-refractivity contribution in [2.75, 3.05) is 7.05 Å². The summed E-state index contributed by atoms with van der Waals surface area (Å²) in [6, 6.07) is 12.8. The SMILES string of the molecule is CNC(Cc1ccc2ccccc2n1)c1sc(C)nc1C. The van der Waals surface area contributed by atoms with Gasteiger partial charge in [-0.1, -0.05) is 24.3 Å². The Hall–Kier alpha value is -1.78. The van der Waals surface area contributed by atoms with Crippen LogP contribution in [-0.4, -0.2) is 17.0 Å². The van der Waals surface area contributed by atoms with Gasteiger partial charge in [-0.25, -0.2) is 4.98 Å². The fraction of sp³-hybridized carbons (Fsp3) is 0.294. The molecule has 0 bridgehead atoms. The minimum atomic E-state index is 0.268. The van der Waals surface area contributed by atoms with E-state index in [0.29, 0.717) is 0 Å². The minimum absolute atomic E-state index is 0.268. The fourth-order valence-corrected chi connectivity index (χ4v) is 3.66. The van der Waals surface area contributed by atoms with E-state index in [9.17, 15) is 0 Å². The van der Waals surface area contributed by atoms with Gasteiger partial charge in [0.1, 0.15) is 0 Å². The van der Waals surface area contributed by atoms with E-state index in [0.717, 1.165) is 28.3 Å². The van der Waals surface area contributed by atoms with Crippen molar-refractivity contribution in [3.05, 3.63) is 57.7 Å². The summed E-state index contributed by atoms with van der Waals surface area (Å²) in [6.45, 7) is 4.14. The molecule has 108 valence electrons. The number of likely N-dealkylation sites (N-methyl/N-ethyl adjacent to an activating group) is 1. The number of fused-ring (bicyclic) bond motifs is 1. The number of para-hydroxylation sites is 1. The van der Waals surface area contributed by atoms with Gasteiger partial charge in [0.15, 0.2) is 0 Å². The van der Waals surface area contributed by atoms with Crippen LogP contribution in [-0.2, 0) is 6.42 Å². The molecule has 0 saturated carbocycles. The molecule has 1 unspecified atom stereocenters. The molecule has 2 heterocycles. The number of hydrogen-bond donors (Lipinski definition) is 1. The summed E-state index contributed by atoms with van der Waals surface area (Å²) in [5.41, 5.74) is 3.29. The molecule has 1 atom stereocenters. The van der Waals surface area contributed by atoms with Gasteiger partial charge in [-0.05, 0) is 33.0 Å². The molecule has 2 aromatic heterocycles. The van der Waals surface area contributed by atoms with E-state index in [2.05, 4.69) is 48.4 Å². The lowest BCUT2D eigenvalue weighted by molar-refractivity contribution is 0.591. The number of aromatic nitrogens is 2. The maximum Gasteiger partial charge on any atom is 0.0900 e. The molecule has 3 aromatic rings. The summed E-state index contributed by atoms with van der Waals surface area (Å²) in [7, 11) is 2.00. The maximum atomic E-state index is 4.77. The number of rotatable bonds is 4. The number of thiazole rings is 1. The molecule has 0 spiro atoms. The molecule has 0 aliphatic heterocycles. The van der Waals surface area contributed by atoms with Gasteiger partial charge in [-0.15, -0.1) is 11.3 Å². The van der Waals surface area contributed by atoms with Crippen LogP contribution in [0.15, 0.2) is 36.4 Å². The lowest BCUT2D eigenvalue weighted by Crippen LogP contribution is -2.19. The number of pyridine rings is 1. The second kappa shape index (κ2) is 5.92. The van der Waals surface area contributed by atoms with Gasteiger partial charge in [0.25, 0.3) is 0 Å². The number of nitrogens with one attached hydrogen (secondary N) is 1. The minimum Gasteiger partial charge on any atom is -0.312 e. The molecule has 21 heavy (non-hydrogen) atoms. The van der Waals surface area contributed by atoms with Crippen LogP contribution >= 0.6 is 11.3 Å². The van der Waals surface area contributed by atoms with E-state index in [1.54, 1.807) is 11.3 Å². The first-order chi connectivity index (χ1) is 10.2. The molecule has 0 fully saturated rings. The molecular formula is C17H19N3S. The van der Waals surface area contributed by atoms with Gasteiger partial charge in [0.05, 0.1) is 16.2 Å². The molecule has 0 aliphatic carbocycles. The third-order valence-corrected chi connectivity index (χ3v) is 4.86. The Bertz CT molecular complexity index is 764. The quantitative estimate of drug-likeness (QED) is 0.795. The first-order valence-corrected chi connectivity index (χ1v) is 7.95. The van der Waals surface area contributed by atoms with Crippen molar-refractivity contribution in [1.82, 2.24) is 15.3 Å². The Morgan fingerprint density at radius 1 is 1.10 bits per heavy atom. The number of nitrogens with zero attached hydrogens (tertiary/aromatic N) is 2. The van der Waals surface area contributed by atoms with Crippen LogP contribution in [0.25, 0.3) is 10.9 Å². The smallest absolute Gasteiger partial charge is 0.0900 e. The van der Waals surface area contributed by atoms with Crippen LogP contribution in [0.3, 0.4) is 0 Å². The highest BCUT2D eigenvalue weighted by Crippen LogP contribution is 2.27. The molecule has 3 nitrogen and oxygen atoms in total. The van der Waals surface area contributed by atoms with Crippen LogP contribution in [0.2, 0.25) is 0 Å². The average Bonchev–Trinajstić information content (AvgIpc) is 2.83. The zero-order valence-electron chi connectivity index (χ0n) is 12.6. The topological polar surface area (TPSA) is 37.8 Å². The van der Waals surface area contributed by atoms with E-state index in [-0.39, 0.29) is 6.04 Å². The van der Waals surface area contributed by atoms with Gasteiger partial charge >= 0.3 is 0 Å². The summed E-state index contributed by atoms with van der Waals surface area (Å²) in [4.78, 5) is 10.6. The van der Waals surface area contributed by atoms with Crippen molar-refractivity contribution < 1.29 is 0 Å². The molecule has 0 amide bonds. The lowest BCUT2D eigenvalue weighted by atomic mass is 10.1. The number of aryl methyl sites for hydroxylation is 2. The Kier molecular flexibility index (Phi) is 3.99. The predicted molar refractivity (Wildman–Crippen MR) is 88.8 cm³/mol. The van der Waals surface area contributed by atoms with Gasteiger partial charge in [0, 0.05) is 28.4 Å². The Morgan fingerprint density at radius 3 is 2.62 bits per heavy atom. The number of hydrogen-bond acceptors (Lipinski definition) is 4. The largest absolute Gasteiger partial charge is 0.312 e. The lowest BCUT2D eigenvalue weighted by Gasteiger charge is -2.15. The first-order valence-electron chi connectivity index (χ1n) is 7.13. The summed E-state index contributed by atoms with van der Waals surface area (Å²) in [6.07, 6.45) is 0.879. The van der Waals surface area contributed by atoms with E-state index in [1.807, 2.05) is 19.2 Å². The van der Waals surface area contributed by atoms with Crippen LogP contribution in [0.5, 0.6) is 0 Å². The van der Waals surface area contributed by atoms with Crippen LogP contribution in [0.1, 0.15) is 27.3 Å². The van der Waals surface area contributed by atoms with Gasteiger partial charge in [-0.2, -0.15) is 0 Å². The second-order valence-electron chi connectivity index (χ2n) is 5.22. The Labute approximate surface area is 129 Å². The van der Waals surface area contributed by atoms with Crippen molar-refractivity contribution in [3.63, 3.8) is 0 Å². The highest BCUT2D eigenvalue weighted by molar-refractivity contribution is 7.11. The standard InChI is InChI=1S/C17H19N3S/c1-11-17(21-12(2)19-11)16(18-3)10-14-9-8-13-6-4-5-7-15(13)20-14/h4-9,16,18H,10H2,1-3H3.